The van der Waals surface area contributed by atoms with Gasteiger partial charge in [-0.15, -0.1) is 6.58 Å². The van der Waals surface area contributed by atoms with Crippen LogP contribution in [0.15, 0.2) is 67.3 Å². The number of aromatic nitrogens is 2. The van der Waals surface area contributed by atoms with Crippen LogP contribution in [-0.4, -0.2) is 39.0 Å². The Kier molecular flexibility index (Phi) is 8.91. The zero-order valence-corrected chi connectivity index (χ0v) is 19.6. The Morgan fingerprint density at radius 1 is 1.19 bits per heavy atom. The van der Waals surface area contributed by atoms with Crippen molar-refractivity contribution in [2.45, 2.75) is 45.8 Å². The second-order valence-electron chi connectivity index (χ2n) is 7.93. The first-order valence-electron chi connectivity index (χ1n) is 11.1. The van der Waals surface area contributed by atoms with Crippen molar-refractivity contribution in [2.24, 2.45) is 0 Å². The predicted molar refractivity (Wildman–Crippen MR) is 131 cm³/mol. The normalized spacial score (nSPS) is 12.2. The lowest BCUT2D eigenvalue weighted by molar-refractivity contribution is 0.102. The van der Waals surface area contributed by atoms with Gasteiger partial charge in [-0.25, -0.2) is 4.68 Å². The van der Waals surface area contributed by atoms with E-state index in [1.165, 1.54) is 0 Å². The first-order chi connectivity index (χ1) is 15.5. The zero-order valence-electron chi connectivity index (χ0n) is 18.9. The summed E-state index contributed by atoms with van der Waals surface area (Å²) in [5.41, 5.74) is 2.84. The summed E-state index contributed by atoms with van der Waals surface area (Å²) in [5, 5.41) is 15.9. The monoisotopic (exact) mass is 453 g/mol. The summed E-state index contributed by atoms with van der Waals surface area (Å²) < 4.78 is 8.20. The first-order valence-corrected chi connectivity index (χ1v) is 11.5. The summed E-state index contributed by atoms with van der Waals surface area (Å²) in [5.74, 6) is 1.37. The largest absolute Gasteiger partial charge is 0.439 e. The summed E-state index contributed by atoms with van der Waals surface area (Å²) in [6, 6.07) is 17.3. The molecule has 5 nitrogen and oxygen atoms in total. The van der Waals surface area contributed by atoms with E-state index in [1.54, 1.807) is 0 Å². The van der Waals surface area contributed by atoms with Crippen molar-refractivity contribution in [1.29, 1.82) is 0 Å². The van der Waals surface area contributed by atoms with E-state index in [1.807, 2.05) is 72.3 Å². The fourth-order valence-corrected chi connectivity index (χ4v) is 3.78. The number of nitrogens with zero attached hydrogens (tertiary/aromatic N) is 3. The Hall–Kier alpha value is -2.60. The highest BCUT2D eigenvalue weighted by Gasteiger charge is 2.22. The second kappa shape index (κ2) is 11.9. The highest BCUT2D eigenvalue weighted by molar-refractivity contribution is 6.30. The van der Waals surface area contributed by atoms with Crippen LogP contribution < -0.4 is 4.74 Å². The van der Waals surface area contributed by atoms with E-state index in [0.717, 1.165) is 36.3 Å². The van der Waals surface area contributed by atoms with E-state index in [0.29, 0.717) is 36.2 Å². The zero-order chi connectivity index (χ0) is 22.9. The fourth-order valence-electron chi connectivity index (χ4n) is 3.66. The molecule has 6 heteroatoms. The molecule has 0 aliphatic carbocycles. The molecule has 0 saturated heterocycles. The Balaban J connectivity index is 1.94. The molecular formula is C26H32ClN3O2. The minimum absolute atomic E-state index is 0.398. The molecule has 1 atom stereocenters. The number of benzene rings is 2. The lowest BCUT2D eigenvalue weighted by Crippen LogP contribution is -2.33. The van der Waals surface area contributed by atoms with Gasteiger partial charge in [-0.3, -0.25) is 4.90 Å². The third kappa shape index (κ3) is 6.45. The topological polar surface area (TPSA) is 50.5 Å². The molecule has 0 spiro atoms. The minimum atomic E-state index is -0.398. The second-order valence-corrected chi connectivity index (χ2v) is 8.36. The smallest absolute Gasteiger partial charge is 0.227 e. The number of ether oxygens (including phenoxy) is 1. The molecule has 0 fully saturated rings. The molecule has 0 aliphatic rings. The maximum atomic E-state index is 10.5. The maximum Gasteiger partial charge on any atom is 0.227 e. The Morgan fingerprint density at radius 2 is 1.91 bits per heavy atom. The van der Waals surface area contributed by atoms with Gasteiger partial charge < -0.3 is 9.84 Å². The Labute approximate surface area is 195 Å². The third-order valence-electron chi connectivity index (χ3n) is 5.26. The van der Waals surface area contributed by atoms with Crippen molar-refractivity contribution in [3.63, 3.8) is 0 Å². The van der Waals surface area contributed by atoms with Crippen LogP contribution in [0.25, 0.3) is 5.69 Å². The van der Waals surface area contributed by atoms with E-state index in [4.69, 9.17) is 21.4 Å². The summed E-state index contributed by atoms with van der Waals surface area (Å²) in [6.07, 6.45) is 3.95. The SMILES string of the molecule is C=CCCC(O)CN(CCC)Cc1c(C)nn(-c2ccccc2)c1Oc1ccc(Cl)cc1. The predicted octanol–water partition coefficient (Wildman–Crippen LogP) is 6.17. The number of hydrogen-bond acceptors (Lipinski definition) is 4. The summed E-state index contributed by atoms with van der Waals surface area (Å²) in [4.78, 5) is 2.27. The molecule has 3 rings (SSSR count). The number of aryl methyl sites for hydroxylation is 1. The van der Waals surface area contributed by atoms with Gasteiger partial charge in [-0.2, -0.15) is 5.10 Å². The van der Waals surface area contributed by atoms with Gasteiger partial charge in [0.1, 0.15) is 5.75 Å². The molecule has 1 N–H and O–H groups in total. The van der Waals surface area contributed by atoms with Gasteiger partial charge >= 0.3 is 0 Å². The number of rotatable bonds is 12. The van der Waals surface area contributed by atoms with Gasteiger partial charge in [0.05, 0.1) is 23.0 Å². The average molecular weight is 454 g/mol. The molecule has 2 aromatic carbocycles. The van der Waals surface area contributed by atoms with Gasteiger partial charge in [0.15, 0.2) is 0 Å². The van der Waals surface area contributed by atoms with Crippen LogP contribution in [0.4, 0.5) is 0 Å². The Morgan fingerprint density at radius 3 is 2.56 bits per heavy atom. The van der Waals surface area contributed by atoms with Crippen LogP contribution in [0, 0.1) is 6.92 Å². The van der Waals surface area contributed by atoms with Crippen molar-refractivity contribution in [3.05, 3.63) is 83.5 Å². The van der Waals surface area contributed by atoms with Crippen LogP contribution in [0.5, 0.6) is 11.6 Å². The van der Waals surface area contributed by atoms with E-state index >= 15 is 0 Å². The number of allylic oxidation sites excluding steroid dienone is 1. The van der Waals surface area contributed by atoms with Crippen LogP contribution >= 0.6 is 11.6 Å². The number of para-hydroxylation sites is 1. The van der Waals surface area contributed by atoms with Crippen LogP contribution in [0.2, 0.25) is 5.02 Å². The minimum Gasteiger partial charge on any atom is -0.439 e. The lowest BCUT2D eigenvalue weighted by Gasteiger charge is -2.25. The first kappa shape index (κ1) is 24.1. The van der Waals surface area contributed by atoms with Crippen LogP contribution in [-0.2, 0) is 6.54 Å². The molecule has 0 saturated carbocycles. The molecule has 32 heavy (non-hydrogen) atoms. The summed E-state index contributed by atoms with van der Waals surface area (Å²) in [6.45, 7) is 10.0. The number of hydrogen-bond donors (Lipinski definition) is 1. The molecular weight excluding hydrogens is 422 g/mol. The summed E-state index contributed by atoms with van der Waals surface area (Å²) >= 11 is 6.06. The van der Waals surface area contributed by atoms with E-state index < -0.39 is 6.10 Å². The fraction of sp³-hybridized carbons (Fsp3) is 0.346. The van der Waals surface area contributed by atoms with Gasteiger partial charge in [-0.1, -0.05) is 42.8 Å². The lowest BCUT2D eigenvalue weighted by atomic mass is 10.1. The van der Waals surface area contributed by atoms with E-state index in [-0.39, 0.29) is 0 Å². The number of aliphatic hydroxyl groups excluding tert-OH is 1. The molecule has 1 heterocycles. The van der Waals surface area contributed by atoms with Crippen molar-refractivity contribution in [3.8, 4) is 17.3 Å². The van der Waals surface area contributed by atoms with Crippen molar-refractivity contribution >= 4 is 11.6 Å². The molecule has 0 bridgehead atoms. The quantitative estimate of drug-likeness (QED) is 0.333. The van der Waals surface area contributed by atoms with Crippen molar-refractivity contribution < 1.29 is 9.84 Å². The van der Waals surface area contributed by atoms with E-state index in [9.17, 15) is 5.11 Å². The summed E-state index contributed by atoms with van der Waals surface area (Å²) in [7, 11) is 0. The molecule has 0 radical (unpaired) electrons. The standard InChI is InChI=1S/C26H32ClN3O2/c1-4-6-12-23(31)18-29(17-5-2)19-25-20(3)28-30(22-10-8-7-9-11-22)26(25)32-24-15-13-21(27)14-16-24/h4,7-11,13-16,23,31H,1,5-6,12,17-19H2,2-3H3. The number of halogens is 1. The maximum absolute atomic E-state index is 10.5. The van der Waals surface area contributed by atoms with E-state index in [2.05, 4.69) is 18.4 Å². The molecule has 1 aromatic heterocycles. The van der Waals surface area contributed by atoms with Crippen molar-refractivity contribution in [1.82, 2.24) is 14.7 Å². The Bertz CT molecular complexity index is 986. The van der Waals surface area contributed by atoms with Gasteiger partial charge in [-0.05, 0) is 69.1 Å². The van der Waals surface area contributed by atoms with Gasteiger partial charge in [0.25, 0.3) is 0 Å². The molecule has 0 amide bonds. The molecule has 3 aromatic rings. The molecule has 1 unspecified atom stereocenters. The average Bonchev–Trinajstić information content (AvgIpc) is 3.09. The van der Waals surface area contributed by atoms with Crippen LogP contribution in [0.3, 0.4) is 0 Å². The molecule has 170 valence electrons. The highest BCUT2D eigenvalue weighted by atomic mass is 35.5. The molecule has 0 aliphatic heterocycles. The van der Waals surface area contributed by atoms with Crippen molar-refractivity contribution in [2.75, 3.05) is 13.1 Å². The van der Waals surface area contributed by atoms with Gasteiger partial charge in [0, 0.05) is 18.1 Å². The van der Waals surface area contributed by atoms with Crippen LogP contribution in [0.1, 0.15) is 37.4 Å². The van der Waals surface area contributed by atoms with Gasteiger partial charge in [0.2, 0.25) is 5.88 Å². The number of aliphatic hydroxyl groups is 1. The highest BCUT2D eigenvalue weighted by Crippen LogP contribution is 2.32. The third-order valence-corrected chi connectivity index (χ3v) is 5.51.